The van der Waals surface area contributed by atoms with E-state index in [9.17, 15) is 4.79 Å². The van der Waals surface area contributed by atoms with Gasteiger partial charge in [0.2, 0.25) is 5.89 Å². The van der Waals surface area contributed by atoms with Gasteiger partial charge >= 0.3 is 0 Å². The summed E-state index contributed by atoms with van der Waals surface area (Å²) < 4.78 is 11.4. The number of likely N-dealkylation sites (tertiary alicyclic amines) is 1. The largest absolute Gasteiger partial charge is 0.496 e. The number of carbonyl (C=O) groups is 1. The van der Waals surface area contributed by atoms with E-state index in [-0.39, 0.29) is 11.9 Å². The zero-order valence-electron chi connectivity index (χ0n) is 16.0. The van der Waals surface area contributed by atoms with E-state index in [0.29, 0.717) is 30.2 Å². The fourth-order valence-corrected chi connectivity index (χ4v) is 3.76. The summed E-state index contributed by atoms with van der Waals surface area (Å²) in [4.78, 5) is 19.6. The predicted molar refractivity (Wildman–Crippen MR) is 106 cm³/mol. The van der Waals surface area contributed by atoms with E-state index in [4.69, 9.17) is 9.15 Å². The van der Waals surface area contributed by atoms with Crippen LogP contribution < -0.4 is 4.74 Å². The molecule has 5 heteroatoms. The third kappa shape index (κ3) is 3.79. The SMILES string of the molecule is COc1ccccc1C(=O)N1CCCCC1c1ncc(Cc2ccccc2)o1. The molecule has 1 aliphatic heterocycles. The highest BCUT2D eigenvalue weighted by molar-refractivity contribution is 5.97. The summed E-state index contributed by atoms with van der Waals surface area (Å²) in [5.74, 6) is 1.99. The van der Waals surface area contributed by atoms with Crippen LogP contribution in [0.25, 0.3) is 0 Å². The molecule has 1 fully saturated rings. The highest BCUT2D eigenvalue weighted by atomic mass is 16.5. The average Bonchev–Trinajstić information content (AvgIpc) is 3.22. The van der Waals surface area contributed by atoms with Gasteiger partial charge in [0.1, 0.15) is 17.6 Å². The molecular weight excluding hydrogens is 352 g/mol. The van der Waals surface area contributed by atoms with Gasteiger partial charge in [0, 0.05) is 13.0 Å². The van der Waals surface area contributed by atoms with Gasteiger partial charge < -0.3 is 14.1 Å². The Balaban J connectivity index is 1.57. The molecule has 1 atom stereocenters. The second kappa shape index (κ2) is 8.30. The van der Waals surface area contributed by atoms with Crippen molar-refractivity contribution >= 4 is 5.91 Å². The van der Waals surface area contributed by atoms with E-state index in [1.54, 1.807) is 13.3 Å². The first-order valence-electron chi connectivity index (χ1n) is 9.69. The molecule has 1 saturated heterocycles. The summed E-state index contributed by atoms with van der Waals surface area (Å²) in [6, 6.07) is 17.4. The Morgan fingerprint density at radius 3 is 2.75 bits per heavy atom. The Morgan fingerprint density at radius 2 is 1.93 bits per heavy atom. The Morgan fingerprint density at radius 1 is 1.14 bits per heavy atom. The van der Waals surface area contributed by atoms with Gasteiger partial charge in [-0.2, -0.15) is 0 Å². The molecule has 5 nitrogen and oxygen atoms in total. The summed E-state index contributed by atoms with van der Waals surface area (Å²) in [6.45, 7) is 0.692. The molecule has 0 radical (unpaired) electrons. The van der Waals surface area contributed by atoms with Crippen molar-refractivity contribution in [3.8, 4) is 5.75 Å². The topological polar surface area (TPSA) is 55.6 Å². The lowest BCUT2D eigenvalue weighted by Gasteiger charge is -2.34. The van der Waals surface area contributed by atoms with Gasteiger partial charge in [-0.1, -0.05) is 42.5 Å². The summed E-state index contributed by atoms with van der Waals surface area (Å²) >= 11 is 0. The normalized spacial score (nSPS) is 16.8. The van der Waals surface area contributed by atoms with Gasteiger partial charge in [-0.05, 0) is 37.0 Å². The number of methoxy groups -OCH3 is 1. The molecule has 2 heterocycles. The molecule has 1 amide bonds. The van der Waals surface area contributed by atoms with Crippen molar-refractivity contribution in [2.75, 3.05) is 13.7 Å². The number of benzene rings is 2. The van der Waals surface area contributed by atoms with E-state index in [0.717, 1.165) is 25.0 Å². The zero-order chi connectivity index (χ0) is 19.3. The molecule has 0 bridgehead atoms. The Kier molecular flexibility index (Phi) is 5.42. The highest BCUT2D eigenvalue weighted by Crippen LogP contribution is 2.33. The maximum atomic E-state index is 13.2. The lowest BCUT2D eigenvalue weighted by molar-refractivity contribution is 0.0566. The molecule has 3 aromatic rings. The predicted octanol–water partition coefficient (Wildman–Crippen LogP) is 4.64. The van der Waals surface area contributed by atoms with Crippen molar-refractivity contribution in [2.45, 2.75) is 31.7 Å². The van der Waals surface area contributed by atoms with Crippen molar-refractivity contribution in [2.24, 2.45) is 0 Å². The number of amides is 1. The van der Waals surface area contributed by atoms with E-state index in [1.807, 2.05) is 47.4 Å². The van der Waals surface area contributed by atoms with Crippen LogP contribution in [-0.2, 0) is 6.42 Å². The first-order chi connectivity index (χ1) is 13.8. The Hall–Kier alpha value is -3.08. The first-order valence-corrected chi connectivity index (χ1v) is 9.69. The third-order valence-electron chi connectivity index (χ3n) is 5.18. The van der Waals surface area contributed by atoms with E-state index in [2.05, 4.69) is 17.1 Å². The maximum absolute atomic E-state index is 13.2. The van der Waals surface area contributed by atoms with Crippen LogP contribution in [0, 0.1) is 0 Å². The number of hydrogen-bond donors (Lipinski definition) is 0. The summed E-state index contributed by atoms with van der Waals surface area (Å²) in [6.07, 6.45) is 5.36. The standard InChI is InChI=1S/C23H24N2O3/c1-27-21-13-6-5-11-19(21)23(26)25-14-8-7-12-20(25)22-24-16-18(28-22)15-17-9-3-2-4-10-17/h2-6,9-11,13,16,20H,7-8,12,14-15H2,1H3. The molecule has 0 N–H and O–H groups in total. The summed E-state index contributed by atoms with van der Waals surface area (Å²) in [5, 5.41) is 0. The molecule has 4 rings (SSSR count). The van der Waals surface area contributed by atoms with Crippen molar-refractivity contribution in [1.29, 1.82) is 0 Å². The van der Waals surface area contributed by atoms with Crippen LogP contribution in [0.1, 0.15) is 52.9 Å². The molecular formula is C23H24N2O3. The second-order valence-electron chi connectivity index (χ2n) is 7.04. The minimum Gasteiger partial charge on any atom is -0.496 e. The molecule has 144 valence electrons. The van der Waals surface area contributed by atoms with Crippen LogP contribution >= 0.6 is 0 Å². The lowest BCUT2D eigenvalue weighted by atomic mass is 10.0. The second-order valence-corrected chi connectivity index (χ2v) is 7.04. The smallest absolute Gasteiger partial charge is 0.258 e. The van der Waals surface area contributed by atoms with Crippen LogP contribution in [0.2, 0.25) is 0 Å². The van der Waals surface area contributed by atoms with Gasteiger partial charge in [-0.25, -0.2) is 4.98 Å². The third-order valence-corrected chi connectivity index (χ3v) is 5.18. The number of rotatable bonds is 5. The van der Waals surface area contributed by atoms with Gasteiger partial charge in [0.15, 0.2) is 0 Å². The van der Waals surface area contributed by atoms with Crippen LogP contribution in [0.3, 0.4) is 0 Å². The summed E-state index contributed by atoms with van der Waals surface area (Å²) in [7, 11) is 1.59. The lowest BCUT2D eigenvalue weighted by Crippen LogP contribution is -2.38. The number of aromatic nitrogens is 1. The molecule has 1 aliphatic rings. The number of nitrogens with zero attached hydrogens (tertiary/aromatic N) is 2. The van der Waals surface area contributed by atoms with Gasteiger partial charge in [-0.15, -0.1) is 0 Å². The van der Waals surface area contributed by atoms with Crippen molar-refractivity contribution in [3.63, 3.8) is 0 Å². The monoisotopic (exact) mass is 376 g/mol. The fourth-order valence-electron chi connectivity index (χ4n) is 3.76. The number of oxazole rings is 1. The maximum Gasteiger partial charge on any atom is 0.258 e. The quantitative estimate of drug-likeness (QED) is 0.651. The molecule has 1 unspecified atom stereocenters. The molecule has 0 spiro atoms. The van der Waals surface area contributed by atoms with Crippen molar-refractivity contribution < 1.29 is 13.9 Å². The summed E-state index contributed by atoms with van der Waals surface area (Å²) in [5.41, 5.74) is 1.75. The minimum absolute atomic E-state index is 0.0371. The molecule has 0 aliphatic carbocycles. The molecule has 1 aromatic heterocycles. The van der Waals surface area contributed by atoms with Crippen LogP contribution in [-0.4, -0.2) is 29.4 Å². The zero-order valence-corrected chi connectivity index (χ0v) is 16.0. The first kappa shape index (κ1) is 18.3. The van der Waals surface area contributed by atoms with E-state index in [1.165, 1.54) is 5.56 Å². The van der Waals surface area contributed by atoms with Crippen molar-refractivity contribution in [3.05, 3.63) is 83.6 Å². The molecule has 2 aromatic carbocycles. The van der Waals surface area contributed by atoms with E-state index < -0.39 is 0 Å². The van der Waals surface area contributed by atoms with Crippen LogP contribution in [0.15, 0.2) is 65.2 Å². The van der Waals surface area contributed by atoms with Gasteiger partial charge in [0.25, 0.3) is 5.91 Å². The molecule has 0 saturated carbocycles. The average molecular weight is 376 g/mol. The van der Waals surface area contributed by atoms with Gasteiger partial charge in [-0.3, -0.25) is 4.79 Å². The number of piperidine rings is 1. The number of ether oxygens (including phenoxy) is 1. The van der Waals surface area contributed by atoms with Gasteiger partial charge in [0.05, 0.1) is 18.9 Å². The van der Waals surface area contributed by atoms with Crippen molar-refractivity contribution in [1.82, 2.24) is 9.88 Å². The minimum atomic E-state index is -0.143. The van der Waals surface area contributed by atoms with Crippen LogP contribution in [0.5, 0.6) is 5.75 Å². The Bertz CT molecular complexity index is 936. The fraction of sp³-hybridized carbons (Fsp3) is 0.304. The van der Waals surface area contributed by atoms with E-state index >= 15 is 0 Å². The number of hydrogen-bond acceptors (Lipinski definition) is 4. The number of para-hydroxylation sites is 1. The Labute approximate surface area is 165 Å². The number of carbonyl (C=O) groups excluding carboxylic acids is 1. The molecule has 28 heavy (non-hydrogen) atoms. The highest BCUT2D eigenvalue weighted by Gasteiger charge is 2.33. The van der Waals surface area contributed by atoms with Crippen LogP contribution in [0.4, 0.5) is 0 Å².